The average molecular weight is 377 g/mol. The van der Waals surface area contributed by atoms with Crippen LogP contribution in [0.2, 0.25) is 0 Å². The highest BCUT2D eigenvalue weighted by Crippen LogP contribution is 2.46. The van der Waals surface area contributed by atoms with Gasteiger partial charge in [-0.3, -0.25) is 4.79 Å². The third-order valence-corrected chi connectivity index (χ3v) is 6.45. The molecule has 0 aliphatic carbocycles. The number of anilines is 1. The van der Waals surface area contributed by atoms with Crippen molar-refractivity contribution in [2.45, 2.75) is 56.2 Å². The Morgan fingerprint density at radius 2 is 1.82 bits per heavy atom. The Balaban J connectivity index is 1.61. The van der Waals surface area contributed by atoms with Gasteiger partial charge < -0.3 is 14.9 Å². The molecular formula is C23H27N3O2. The van der Waals surface area contributed by atoms with Gasteiger partial charge in [-0.15, -0.1) is 0 Å². The Morgan fingerprint density at radius 1 is 1.18 bits per heavy atom. The van der Waals surface area contributed by atoms with Crippen molar-refractivity contribution in [3.05, 3.63) is 42.0 Å². The number of hydrogen-bond acceptors (Lipinski definition) is 4. The van der Waals surface area contributed by atoms with E-state index in [4.69, 9.17) is 0 Å². The zero-order chi connectivity index (χ0) is 19.9. The van der Waals surface area contributed by atoms with E-state index in [0.29, 0.717) is 31.2 Å². The van der Waals surface area contributed by atoms with E-state index in [1.165, 1.54) is 0 Å². The molecule has 1 unspecified atom stereocenters. The number of aliphatic hydroxyl groups is 1. The van der Waals surface area contributed by atoms with E-state index >= 15 is 0 Å². The lowest BCUT2D eigenvalue weighted by atomic mass is 9.82. The van der Waals surface area contributed by atoms with Gasteiger partial charge in [0, 0.05) is 49.1 Å². The molecule has 5 nitrogen and oxygen atoms in total. The van der Waals surface area contributed by atoms with E-state index in [9.17, 15) is 15.2 Å². The molecule has 2 saturated heterocycles. The molecule has 1 N–H and O–H groups in total. The molecule has 4 rings (SSSR count). The van der Waals surface area contributed by atoms with Crippen molar-refractivity contribution in [2.24, 2.45) is 0 Å². The molecule has 0 radical (unpaired) electrons. The summed E-state index contributed by atoms with van der Waals surface area (Å²) >= 11 is 0. The number of piperidine rings is 1. The highest BCUT2D eigenvalue weighted by Gasteiger charge is 2.47. The number of nitriles is 1. The summed E-state index contributed by atoms with van der Waals surface area (Å²) < 4.78 is 0. The van der Waals surface area contributed by atoms with E-state index in [1.54, 1.807) is 19.0 Å². The largest absolute Gasteiger partial charge is 0.390 e. The minimum atomic E-state index is -0.767. The molecule has 2 aliphatic heterocycles. The van der Waals surface area contributed by atoms with Gasteiger partial charge in [0.15, 0.2) is 0 Å². The topological polar surface area (TPSA) is 67.6 Å². The Labute approximate surface area is 166 Å². The van der Waals surface area contributed by atoms with Crippen molar-refractivity contribution in [2.75, 3.05) is 19.0 Å². The predicted molar refractivity (Wildman–Crippen MR) is 110 cm³/mol. The first kappa shape index (κ1) is 18.8. The zero-order valence-corrected chi connectivity index (χ0v) is 16.6. The van der Waals surface area contributed by atoms with Crippen molar-refractivity contribution in [3.8, 4) is 6.07 Å². The minimum absolute atomic E-state index is 0.0706. The molecular weight excluding hydrogens is 350 g/mol. The fraction of sp³-hybridized carbons (Fsp3) is 0.478. The third-order valence-electron chi connectivity index (χ3n) is 6.45. The number of nitrogens with zero attached hydrogens (tertiary/aromatic N) is 3. The maximum absolute atomic E-state index is 12.0. The van der Waals surface area contributed by atoms with E-state index in [1.807, 2.05) is 24.3 Å². The van der Waals surface area contributed by atoms with Crippen molar-refractivity contribution in [1.82, 2.24) is 4.90 Å². The maximum atomic E-state index is 12.0. The van der Waals surface area contributed by atoms with Gasteiger partial charge in [0.05, 0.1) is 17.2 Å². The zero-order valence-electron chi connectivity index (χ0n) is 16.6. The number of hydrogen-bond donors (Lipinski definition) is 1. The van der Waals surface area contributed by atoms with Gasteiger partial charge in [-0.1, -0.05) is 24.3 Å². The Hall–Kier alpha value is -2.58. The van der Waals surface area contributed by atoms with Crippen LogP contribution < -0.4 is 4.90 Å². The van der Waals surface area contributed by atoms with Crippen LogP contribution in [0.5, 0.6) is 0 Å². The number of carbonyl (C=O) groups is 1. The normalized spacial score (nSPS) is 26.3. The first-order chi connectivity index (χ1) is 13.4. The van der Waals surface area contributed by atoms with E-state index in [0.717, 1.165) is 29.3 Å². The average Bonchev–Trinajstić information content (AvgIpc) is 2.96. The monoisotopic (exact) mass is 377 g/mol. The second kappa shape index (κ2) is 7.10. The molecule has 0 saturated carbocycles. The molecule has 5 heteroatoms. The van der Waals surface area contributed by atoms with Gasteiger partial charge in [-0.25, -0.2) is 0 Å². The summed E-state index contributed by atoms with van der Waals surface area (Å²) in [6.45, 7) is 0. The maximum Gasteiger partial charge on any atom is 0.222 e. The van der Waals surface area contributed by atoms with Gasteiger partial charge >= 0.3 is 0 Å². The van der Waals surface area contributed by atoms with Crippen LogP contribution in [-0.4, -0.2) is 47.7 Å². The van der Waals surface area contributed by atoms with Crippen molar-refractivity contribution in [3.63, 3.8) is 0 Å². The molecule has 0 spiro atoms. The summed E-state index contributed by atoms with van der Waals surface area (Å²) in [5.41, 5.74) is 1.09. The summed E-state index contributed by atoms with van der Waals surface area (Å²) in [6, 6.07) is 14.9. The summed E-state index contributed by atoms with van der Waals surface area (Å²) in [6.07, 6.45) is 4.42. The van der Waals surface area contributed by atoms with Gasteiger partial charge in [0.25, 0.3) is 0 Å². The molecule has 2 bridgehead atoms. The standard InChI is InChI=1S/C23H27N3O2/c1-25(2)22(27)11-12-23(28)13-17-8-9-18(14-23)26(17)21-10-7-16(15-24)19-5-3-4-6-20(19)21/h3-7,10,17-18,28H,8-9,11-14H2,1-2H3/t17-,18+,23?. The van der Waals surface area contributed by atoms with Gasteiger partial charge in [-0.2, -0.15) is 5.26 Å². The summed E-state index contributed by atoms with van der Waals surface area (Å²) in [4.78, 5) is 16.0. The second-order valence-electron chi connectivity index (χ2n) is 8.50. The Bertz CT molecular complexity index is 933. The van der Waals surface area contributed by atoms with Crippen LogP contribution in [0.25, 0.3) is 10.8 Å². The van der Waals surface area contributed by atoms with Crippen LogP contribution in [0.3, 0.4) is 0 Å². The summed E-state index contributed by atoms with van der Waals surface area (Å²) in [5, 5.41) is 22.7. The van der Waals surface area contributed by atoms with Crippen molar-refractivity contribution < 1.29 is 9.90 Å². The van der Waals surface area contributed by atoms with Crippen LogP contribution in [-0.2, 0) is 4.79 Å². The van der Waals surface area contributed by atoms with Crippen LogP contribution >= 0.6 is 0 Å². The van der Waals surface area contributed by atoms with E-state index < -0.39 is 5.60 Å². The fourth-order valence-electron chi connectivity index (χ4n) is 5.09. The molecule has 2 aromatic rings. The van der Waals surface area contributed by atoms with Gasteiger partial charge in [0.2, 0.25) is 5.91 Å². The van der Waals surface area contributed by atoms with Crippen LogP contribution in [0.4, 0.5) is 5.69 Å². The predicted octanol–water partition coefficient (Wildman–Crippen LogP) is 3.44. The quantitative estimate of drug-likeness (QED) is 0.886. The number of amides is 1. The number of fused-ring (bicyclic) bond motifs is 3. The number of benzene rings is 2. The minimum Gasteiger partial charge on any atom is -0.390 e. The molecule has 1 amide bonds. The second-order valence-corrected chi connectivity index (χ2v) is 8.50. The lowest BCUT2D eigenvalue weighted by Crippen LogP contribution is -2.51. The molecule has 146 valence electrons. The molecule has 2 aliphatic rings. The number of carbonyl (C=O) groups excluding carboxylic acids is 1. The van der Waals surface area contributed by atoms with Crippen LogP contribution in [0.15, 0.2) is 36.4 Å². The fourth-order valence-corrected chi connectivity index (χ4v) is 5.09. The first-order valence-corrected chi connectivity index (χ1v) is 10.0. The van der Waals surface area contributed by atoms with Crippen molar-refractivity contribution >= 4 is 22.4 Å². The highest BCUT2D eigenvalue weighted by molar-refractivity contribution is 5.98. The van der Waals surface area contributed by atoms with E-state index in [2.05, 4.69) is 23.1 Å². The molecule has 0 aromatic heterocycles. The molecule has 28 heavy (non-hydrogen) atoms. The SMILES string of the molecule is CN(C)C(=O)CCC1(O)C[C@H]2CC[C@@H](C1)N2c1ccc(C#N)c2ccccc12. The van der Waals surface area contributed by atoms with Gasteiger partial charge in [-0.05, 0) is 44.2 Å². The smallest absolute Gasteiger partial charge is 0.222 e. The summed E-state index contributed by atoms with van der Waals surface area (Å²) in [7, 11) is 3.52. The Morgan fingerprint density at radius 3 is 2.43 bits per heavy atom. The van der Waals surface area contributed by atoms with Crippen LogP contribution in [0.1, 0.15) is 44.1 Å². The molecule has 2 heterocycles. The number of rotatable bonds is 4. The van der Waals surface area contributed by atoms with Crippen molar-refractivity contribution in [1.29, 1.82) is 5.26 Å². The van der Waals surface area contributed by atoms with Gasteiger partial charge in [0.1, 0.15) is 0 Å². The Kier molecular flexibility index (Phi) is 4.76. The lowest BCUT2D eigenvalue weighted by Gasteiger charge is -2.45. The molecule has 2 aromatic carbocycles. The highest BCUT2D eigenvalue weighted by atomic mass is 16.3. The molecule has 3 atom stereocenters. The first-order valence-electron chi connectivity index (χ1n) is 10.0. The lowest BCUT2D eigenvalue weighted by molar-refractivity contribution is -0.130. The molecule has 2 fully saturated rings. The summed E-state index contributed by atoms with van der Waals surface area (Å²) in [5.74, 6) is 0.0706. The van der Waals surface area contributed by atoms with E-state index in [-0.39, 0.29) is 18.0 Å². The van der Waals surface area contributed by atoms with Crippen LogP contribution in [0, 0.1) is 11.3 Å². The third kappa shape index (κ3) is 3.22.